The lowest BCUT2D eigenvalue weighted by molar-refractivity contribution is -0.151. The van der Waals surface area contributed by atoms with Gasteiger partial charge < -0.3 is 25.2 Å². The molecule has 1 saturated heterocycles. The smallest absolute Gasteiger partial charge is 0.408 e. The van der Waals surface area contributed by atoms with E-state index in [1.165, 1.54) is 0 Å². The van der Waals surface area contributed by atoms with Crippen molar-refractivity contribution in [2.24, 2.45) is 0 Å². The Morgan fingerprint density at radius 2 is 1.59 bits per heavy atom. The largest absolute Gasteiger partial charge is 0.480 e. The van der Waals surface area contributed by atoms with E-state index in [9.17, 15) is 24.6 Å². The first-order valence-corrected chi connectivity index (χ1v) is 11.7. The predicted octanol–water partition coefficient (Wildman–Crippen LogP) is 3.13. The van der Waals surface area contributed by atoms with Gasteiger partial charge in [-0.2, -0.15) is 0 Å². The first-order chi connectivity index (χ1) is 16.3. The van der Waals surface area contributed by atoms with E-state index in [0.29, 0.717) is 0 Å². The number of ether oxygens (including phenoxy) is 1. The van der Waals surface area contributed by atoms with Crippen LogP contribution in [0, 0.1) is 0 Å². The number of likely N-dealkylation sites (tertiary alicyclic amines) is 1. The van der Waals surface area contributed by atoms with Gasteiger partial charge >= 0.3 is 12.1 Å². The molecule has 34 heavy (non-hydrogen) atoms. The van der Waals surface area contributed by atoms with E-state index in [2.05, 4.69) is 17.4 Å². The van der Waals surface area contributed by atoms with Gasteiger partial charge in [-0.05, 0) is 35.1 Å². The molecule has 8 heteroatoms. The van der Waals surface area contributed by atoms with Crippen LogP contribution in [-0.4, -0.2) is 63.9 Å². The number of carboxylic acids is 1. The second-order valence-corrected chi connectivity index (χ2v) is 8.94. The molecule has 0 saturated carbocycles. The summed E-state index contributed by atoms with van der Waals surface area (Å²) in [4.78, 5) is 39.1. The van der Waals surface area contributed by atoms with Crippen LogP contribution >= 0.6 is 0 Å². The van der Waals surface area contributed by atoms with E-state index in [4.69, 9.17) is 4.74 Å². The number of aliphatic hydroxyl groups is 1. The number of nitrogens with one attached hydrogen (secondary N) is 1. The molecule has 2 aromatic carbocycles. The van der Waals surface area contributed by atoms with E-state index in [1.807, 2.05) is 36.4 Å². The SMILES string of the molecule is CCC(CC)(NC(=O)OCC1c2ccccc2-c2ccccc21)C(=O)N1C[C@H](O)C[C@@H]1C(=O)O. The van der Waals surface area contributed by atoms with Crippen molar-refractivity contribution < 1.29 is 29.3 Å². The number of benzene rings is 2. The Bertz CT molecular complexity index is 1050. The predicted molar refractivity (Wildman–Crippen MR) is 125 cm³/mol. The van der Waals surface area contributed by atoms with Crippen molar-refractivity contribution in [2.45, 2.75) is 56.7 Å². The van der Waals surface area contributed by atoms with Gasteiger partial charge in [0.1, 0.15) is 18.2 Å². The van der Waals surface area contributed by atoms with Gasteiger partial charge in [-0.25, -0.2) is 9.59 Å². The lowest BCUT2D eigenvalue weighted by Gasteiger charge is -2.36. The molecule has 2 aromatic rings. The third kappa shape index (κ3) is 4.14. The average molecular weight is 467 g/mol. The highest BCUT2D eigenvalue weighted by Gasteiger charge is 2.47. The highest BCUT2D eigenvalue weighted by atomic mass is 16.5. The molecule has 1 heterocycles. The fourth-order valence-corrected chi connectivity index (χ4v) is 5.16. The lowest BCUT2D eigenvalue weighted by Crippen LogP contribution is -2.61. The van der Waals surface area contributed by atoms with Crippen LogP contribution in [-0.2, 0) is 14.3 Å². The number of amides is 2. The standard InChI is InChI=1S/C26H30N2O6/c1-3-26(4-2,24(32)28-14-16(29)13-22(28)23(30)31)27-25(33)34-15-21-19-11-7-5-9-17(19)18-10-6-8-12-20(18)21/h5-12,16,21-22,29H,3-4,13-15H2,1-2H3,(H,27,33)(H,30,31)/t16-,22-/m1/s1. The van der Waals surface area contributed by atoms with Crippen LogP contribution in [0.3, 0.4) is 0 Å². The molecule has 180 valence electrons. The molecule has 2 atom stereocenters. The maximum atomic E-state index is 13.4. The van der Waals surface area contributed by atoms with Crippen molar-refractivity contribution >= 4 is 18.0 Å². The number of fused-ring (bicyclic) bond motifs is 3. The van der Waals surface area contributed by atoms with Crippen molar-refractivity contribution in [3.05, 3.63) is 59.7 Å². The number of hydrogen-bond acceptors (Lipinski definition) is 5. The summed E-state index contributed by atoms with van der Waals surface area (Å²) in [5.74, 6) is -1.81. The summed E-state index contributed by atoms with van der Waals surface area (Å²) in [6, 6.07) is 14.9. The number of carbonyl (C=O) groups is 3. The van der Waals surface area contributed by atoms with Gasteiger partial charge in [-0.15, -0.1) is 0 Å². The van der Waals surface area contributed by atoms with Crippen LogP contribution in [0.15, 0.2) is 48.5 Å². The second kappa shape index (κ2) is 9.46. The van der Waals surface area contributed by atoms with Crippen LogP contribution in [0.25, 0.3) is 11.1 Å². The van der Waals surface area contributed by atoms with Gasteiger partial charge in [0, 0.05) is 18.9 Å². The van der Waals surface area contributed by atoms with Crippen molar-refractivity contribution in [1.82, 2.24) is 10.2 Å². The molecule has 0 bridgehead atoms. The number of hydrogen-bond donors (Lipinski definition) is 3. The number of carbonyl (C=O) groups excluding carboxylic acids is 2. The molecule has 2 aliphatic rings. The number of rotatable bonds is 7. The molecule has 3 N–H and O–H groups in total. The average Bonchev–Trinajstić information content (AvgIpc) is 3.39. The van der Waals surface area contributed by atoms with Crippen LogP contribution < -0.4 is 5.32 Å². The quantitative estimate of drug-likeness (QED) is 0.577. The molecule has 0 unspecified atom stereocenters. The van der Waals surface area contributed by atoms with E-state index in [-0.39, 0.29) is 38.3 Å². The molecule has 1 aliphatic carbocycles. The third-order valence-corrected chi connectivity index (χ3v) is 7.13. The topological polar surface area (TPSA) is 116 Å². The Balaban J connectivity index is 1.49. The van der Waals surface area contributed by atoms with Gasteiger partial charge in [0.05, 0.1) is 6.10 Å². The van der Waals surface area contributed by atoms with Crippen LogP contribution in [0.5, 0.6) is 0 Å². The summed E-state index contributed by atoms with van der Waals surface area (Å²) in [7, 11) is 0. The summed E-state index contributed by atoms with van der Waals surface area (Å²) in [6.45, 7) is 3.54. The molecule has 2 amide bonds. The van der Waals surface area contributed by atoms with E-state index in [0.717, 1.165) is 27.2 Å². The van der Waals surface area contributed by atoms with Gasteiger partial charge in [0.25, 0.3) is 0 Å². The van der Waals surface area contributed by atoms with Crippen LogP contribution in [0.4, 0.5) is 4.79 Å². The summed E-state index contributed by atoms with van der Waals surface area (Å²) in [5.41, 5.74) is 3.08. The number of aliphatic carboxylic acids is 1. The van der Waals surface area contributed by atoms with Gasteiger partial charge in [-0.1, -0.05) is 62.4 Å². The fraction of sp³-hybridized carbons (Fsp3) is 0.423. The maximum absolute atomic E-state index is 13.4. The number of alkyl carbamates (subject to hydrolysis) is 1. The normalized spacial score (nSPS) is 19.4. The Kier molecular flexibility index (Phi) is 6.61. The summed E-state index contributed by atoms with van der Waals surface area (Å²) >= 11 is 0. The minimum absolute atomic E-state index is 0.0322. The molecule has 4 rings (SSSR count). The van der Waals surface area contributed by atoms with Crippen molar-refractivity contribution in [2.75, 3.05) is 13.2 Å². The van der Waals surface area contributed by atoms with Crippen LogP contribution in [0.2, 0.25) is 0 Å². The zero-order chi connectivity index (χ0) is 24.5. The van der Waals surface area contributed by atoms with Crippen molar-refractivity contribution in [3.8, 4) is 11.1 Å². The summed E-state index contributed by atoms with van der Waals surface area (Å²) in [5, 5.41) is 22.2. The van der Waals surface area contributed by atoms with Crippen LogP contribution in [0.1, 0.15) is 50.2 Å². The van der Waals surface area contributed by atoms with Gasteiger partial charge in [0.2, 0.25) is 5.91 Å². The number of nitrogens with zero attached hydrogens (tertiary/aromatic N) is 1. The van der Waals surface area contributed by atoms with E-state index in [1.54, 1.807) is 13.8 Å². The van der Waals surface area contributed by atoms with E-state index < -0.39 is 35.7 Å². The number of aliphatic hydroxyl groups excluding tert-OH is 1. The molecule has 1 fully saturated rings. The lowest BCUT2D eigenvalue weighted by atomic mass is 9.90. The van der Waals surface area contributed by atoms with Gasteiger partial charge in [0.15, 0.2) is 0 Å². The summed E-state index contributed by atoms with van der Waals surface area (Å²) in [6.07, 6.45) is -1.16. The molecular weight excluding hydrogens is 436 g/mol. The fourth-order valence-electron chi connectivity index (χ4n) is 5.16. The molecule has 1 aliphatic heterocycles. The maximum Gasteiger partial charge on any atom is 0.408 e. The van der Waals surface area contributed by atoms with Crippen molar-refractivity contribution in [1.29, 1.82) is 0 Å². The molecule has 0 aromatic heterocycles. The minimum Gasteiger partial charge on any atom is -0.480 e. The zero-order valence-corrected chi connectivity index (χ0v) is 19.4. The zero-order valence-electron chi connectivity index (χ0n) is 19.4. The summed E-state index contributed by atoms with van der Waals surface area (Å²) < 4.78 is 5.62. The Hall–Kier alpha value is -3.39. The molecular formula is C26H30N2O6. The third-order valence-electron chi connectivity index (χ3n) is 7.13. The molecule has 0 radical (unpaired) electrons. The first-order valence-electron chi connectivity index (χ1n) is 11.7. The second-order valence-electron chi connectivity index (χ2n) is 8.94. The Labute approximate surface area is 198 Å². The van der Waals surface area contributed by atoms with E-state index >= 15 is 0 Å². The highest BCUT2D eigenvalue weighted by molar-refractivity contribution is 5.93. The monoisotopic (exact) mass is 466 g/mol. The highest BCUT2D eigenvalue weighted by Crippen LogP contribution is 2.44. The molecule has 0 spiro atoms. The Morgan fingerprint density at radius 1 is 1.03 bits per heavy atom. The first kappa shape index (κ1) is 23.8. The molecule has 8 nitrogen and oxygen atoms in total. The van der Waals surface area contributed by atoms with Gasteiger partial charge in [-0.3, -0.25) is 4.79 Å². The Morgan fingerprint density at radius 3 is 2.12 bits per heavy atom. The van der Waals surface area contributed by atoms with Crippen molar-refractivity contribution in [3.63, 3.8) is 0 Å². The number of β-amino-alcohol motifs (C(OH)–C–C–N with tert-alkyl or cyclic N) is 1. The number of carboxylic acid groups (broad SMARTS) is 1. The minimum atomic E-state index is -1.32.